The van der Waals surface area contributed by atoms with E-state index in [0.717, 1.165) is 0 Å². The second-order valence-corrected chi connectivity index (χ2v) is 3.48. The van der Waals surface area contributed by atoms with Crippen LogP contribution in [0.1, 0.15) is 0 Å². The molecule has 0 saturated heterocycles. The van der Waals surface area contributed by atoms with Gasteiger partial charge in [-0.05, 0) is 18.2 Å². The van der Waals surface area contributed by atoms with Crippen LogP contribution in [0.5, 0.6) is 0 Å². The van der Waals surface area contributed by atoms with Gasteiger partial charge in [-0.2, -0.15) is 0 Å². The standard InChI is InChI=1S/C11H10N4O2/c12-8-3-1-2-7(6-8)10-11(15(16)17)9(13)4-5-14-10/h1-6H,12H2,(H2,13,14). The molecule has 4 N–H and O–H groups in total. The zero-order valence-electron chi connectivity index (χ0n) is 8.83. The lowest BCUT2D eigenvalue weighted by Crippen LogP contribution is -2.00. The minimum atomic E-state index is -0.541. The normalized spacial score (nSPS) is 10.1. The van der Waals surface area contributed by atoms with E-state index in [1.165, 1.54) is 12.3 Å². The number of nitrogens with zero attached hydrogens (tertiary/aromatic N) is 2. The second-order valence-electron chi connectivity index (χ2n) is 3.48. The Morgan fingerprint density at radius 1 is 1.24 bits per heavy atom. The lowest BCUT2D eigenvalue weighted by molar-refractivity contribution is -0.383. The number of pyridine rings is 1. The zero-order valence-corrected chi connectivity index (χ0v) is 8.83. The summed E-state index contributed by atoms with van der Waals surface area (Å²) in [4.78, 5) is 14.4. The molecule has 2 aromatic rings. The topological polar surface area (TPSA) is 108 Å². The van der Waals surface area contributed by atoms with Crippen LogP contribution in [0.15, 0.2) is 36.5 Å². The Balaban J connectivity index is 2.67. The van der Waals surface area contributed by atoms with Crippen molar-refractivity contribution < 1.29 is 4.92 Å². The number of benzene rings is 1. The van der Waals surface area contributed by atoms with Crippen LogP contribution in [0, 0.1) is 10.1 Å². The average Bonchev–Trinajstić information content (AvgIpc) is 2.28. The van der Waals surface area contributed by atoms with Gasteiger partial charge in [-0.25, -0.2) is 4.98 Å². The van der Waals surface area contributed by atoms with E-state index in [1.807, 2.05) is 0 Å². The molecule has 0 saturated carbocycles. The molecule has 0 aliphatic carbocycles. The summed E-state index contributed by atoms with van der Waals surface area (Å²) < 4.78 is 0. The molecule has 0 bridgehead atoms. The summed E-state index contributed by atoms with van der Waals surface area (Å²) in [6.07, 6.45) is 1.43. The molecule has 1 aromatic heterocycles. The molecule has 0 radical (unpaired) electrons. The molecule has 86 valence electrons. The molecule has 0 aliphatic heterocycles. The van der Waals surface area contributed by atoms with Gasteiger partial charge in [0.15, 0.2) is 5.69 Å². The molecular formula is C11H10N4O2. The molecule has 1 aromatic carbocycles. The summed E-state index contributed by atoms with van der Waals surface area (Å²) in [5.74, 6) is 0. The van der Waals surface area contributed by atoms with Crippen LogP contribution in [0.3, 0.4) is 0 Å². The third kappa shape index (κ3) is 2.00. The predicted octanol–water partition coefficient (Wildman–Crippen LogP) is 1.82. The summed E-state index contributed by atoms with van der Waals surface area (Å²) in [5.41, 5.74) is 12.4. The number of aromatic nitrogens is 1. The Bertz CT molecular complexity index is 583. The molecule has 6 heteroatoms. The van der Waals surface area contributed by atoms with Gasteiger partial charge in [-0.15, -0.1) is 0 Å². The summed E-state index contributed by atoms with van der Waals surface area (Å²) in [5, 5.41) is 11.0. The largest absolute Gasteiger partial charge is 0.399 e. The number of hydrogen-bond acceptors (Lipinski definition) is 5. The molecule has 0 atom stereocenters. The lowest BCUT2D eigenvalue weighted by atomic mass is 10.1. The fraction of sp³-hybridized carbons (Fsp3) is 0. The van der Waals surface area contributed by atoms with Gasteiger partial charge in [0.25, 0.3) is 0 Å². The van der Waals surface area contributed by atoms with E-state index in [-0.39, 0.29) is 17.1 Å². The highest BCUT2D eigenvalue weighted by atomic mass is 16.6. The van der Waals surface area contributed by atoms with Crippen LogP contribution < -0.4 is 11.5 Å². The van der Waals surface area contributed by atoms with Crippen molar-refractivity contribution >= 4 is 17.1 Å². The van der Waals surface area contributed by atoms with E-state index >= 15 is 0 Å². The molecule has 0 spiro atoms. The molecule has 2 rings (SSSR count). The van der Waals surface area contributed by atoms with Gasteiger partial charge >= 0.3 is 5.69 Å². The summed E-state index contributed by atoms with van der Waals surface area (Å²) in [7, 11) is 0. The Morgan fingerprint density at radius 3 is 2.65 bits per heavy atom. The van der Waals surface area contributed by atoms with E-state index in [4.69, 9.17) is 11.5 Å². The third-order valence-corrected chi connectivity index (χ3v) is 2.30. The van der Waals surface area contributed by atoms with E-state index in [1.54, 1.807) is 24.3 Å². The van der Waals surface area contributed by atoms with Gasteiger partial charge in [0.1, 0.15) is 5.69 Å². The first-order chi connectivity index (χ1) is 8.09. The fourth-order valence-electron chi connectivity index (χ4n) is 1.56. The van der Waals surface area contributed by atoms with Crippen LogP contribution in [0.4, 0.5) is 17.1 Å². The predicted molar refractivity (Wildman–Crippen MR) is 65.2 cm³/mol. The molecule has 0 fully saturated rings. The van der Waals surface area contributed by atoms with Crippen molar-refractivity contribution in [1.82, 2.24) is 4.98 Å². The first kappa shape index (κ1) is 10.9. The van der Waals surface area contributed by atoms with E-state index < -0.39 is 4.92 Å². The van der Waals surface area contributed by atoms with Crippen LogP contribution in [-0.4, -0.2) is 9.91 Å². The molecule has 0 amide bonds. The molecule has 1 heterocycles. The minimum Gasteiger partial charge on any atom is -0.399 e. The van der Waals surface area contributed by atoms with Crippen molar-refractivity contribution in [3.8, 4) is 11.3 Å². The maximum absolute atomic E-state index is 11.0. The van der Waals surface area contributed by atoms with E-state index in [0.29, 0.717) is 11.3 Å². The molecule has 6 nitrogen and oxygen atoms in total. The van der Waals surface area contributed by atoms with Crippen molar-refractivity contribution in [2.24, 2.45) is 0 Å². The van der Waals surface area contributed by atoms with Crippen LogP contribution in [-0.2, 0) is 0 Å². The molecule has 0 unspecified atom stereocenters. The number of nitro groups is 1. The van der Waals surface area contributed by atoms with Gasteiger partial charge in [0.2, 0.25) is 0 Å². The lowest BCUT2D eigenvalue weighted by Gasteiger charge is -2.04. The fourth-order valence-corrected chi connectivity index (χ4v) is 1.56. The Morgan fingerprint density at radius 2 is 2.00 bits per heavy atom. The van der Waals surface area contributed by atoms with Crippen LogP contribution >= 0.6 is 0 Å². The number of nitrogen functional groups attached to an aromatic ring is 2. The first-order valence-corrected chi connectivity index (χ1v) is 4.84. The third-order valence-electron chi connectivity index (χ3n) is 2.30. The van der Waals surface area contributed by atoms with Crippen molar-refractivity contribution in [2.45, 2.75) is 0 Å². The van der Waals surface area contributed by atoms with Gasteiger partial charge in [0.05, 0.1) is 4.92 Å². The Labute approximate surface area is 97.0 Å². The van der Waals surface area contributed by atoms with E-state index in [2.05, 4.69) is 4.98 Å². The minimum absolute atomic E-state index is 0.0856. The number of nitrogens with two attached hydrogens (primary N) is 2. The molecule has 0 aliphatic rings. The number of anilines is 2. The Kier molecular flexibility index (Phi) is 2.61. The first-order valence-electron chi connectivity index (χ1n) is 4.84. The summed E-state index contributed by atoms with van der Waals surface area (Å²) in [6, 6.07) is 8.12. The Hall–Kier alpha value is -2.63. The zero-order chi connectivity index (χ0) is 12.4. The quantitative estimate of drug-likeness (QED) is 0.464. The van der Waals surface area contributed by atoms with Crippen molar-refractivity contribution in [3.05, 3.63) is 46.6 Å². The SMILES string of the molecule is Nc1cccc(-c2nccc(N)c2[N+](=O)[O-])c1. The van der Waals surface area contributed by atoms with Crippen molar-refractivity contribution in [2.75, 3.05) is 11.5 Å². The highest BCUT2D eigenvalue weighted by molar-refractivity contribution is 5.78. The maximum Gasteiger partial charge on any atom is 0.318 e. The highest BCUT2D eigenvalue weighted by Crippen LogP contribution is 2.32. The molecular weight excluding hydrogens is 220 g/mol. The van der Waals surface area contributed by atoms with Crippen LogP contribution in [0.2, 0.25) is 0 Å². The van der Waals surface area contributed by atoms with Gasteiger partial charge in [-0.1, -0.05) is 12.1 Å². The van der Waals surface area contributed by atoms with Gasteiger partial charge in [0, 0.05) is 17.4 Å². The van der Waals surface area contributed by atoms with Crippen molar-refractivity contribution in [3.63, 3.8) is 0 Å². The second kappa shape index (κ2) is 4.09. The monoisotopic (exact) mass is 230 g/mol. The van der Waals surface area contributed by atoms with Crippen molar-refractivity contribution in [1.29, 1.82) is 0 Å². The van der Waals surface area contributed by atoms with E-state index in [9.17, 15) is 10.1 Å². The highest BCUT2D eigenvalue weighted by Gasteiger charge is 2.20. The van der Waals surface area contributed by atoms with Gasteiger partial charge < -0.3 is 11.5 Å². The van der Waals surface area contributed by atoms with Gasteiger partial charge in [-0.3, -0.25) is 10.1 Å². The maximum atomic E-state index is 11.0. The summed E-state index contributed by atoms with van der Waals surface area (Å²) >= 11 is 0. The molecule has 17 heavy (non-hydrogen) atoms. The summed E-state index contributed by atoms with van der Waals surface area (Å²) in [6.45, 7) is 0. The van der Waals surface area contributed by atoms with Crippen LogP contribution in [0.25, 0.3) is 11.3 Å². The number of hydrogen-bond donors (Lipinski definition) is 2. The average molecular weight is 230 g/mol. The smallest absolute Gasteiger partial charge is 0.318 e. The number of rotatable bonds is 2.